The highest BCUT2D eigenvalue weighted by Crippen LogP contribution is 2.22. The van der Waals surface area contributed by atoms with Gasteiger partial charge in [0.1, 0.15) is 5.75 Å². The topological polar surface area (TPSA) is 35.5 Å². The monoisotopic (exact) mass is 290 g/mol. The molecule has 3 nitrogen and oxygen atoms in total. The van der Waals surface area contributed by atoms with Crippen LogP contribution >= 0.6 is 0 Å². The summed E-state index contributed by atoms with van der Waals surface area (Å²) in [7, 11) is 0. The molecule has 1 aromatic rings. The molecule has 3 heteroatoms. The van der Waals surface area contributed by atoms with Crippen LogP contribution in [0.5, 0.6) is 5.75 Å². The van der Waals surface area contributed by atoms with Crippen molar-refractivity contribution in [1.29, 1.82) is 0 Å². The first-order valence-corrected chi connectivity index (χ1v) is 8.26. The van der Waals surface area contributed by atoms with Gasteiger partial charge in [-0.25, -0.2) is 0 Å². The van der Waals surface area contributed by atoms with Crippen LogP contribution in [0.2, 0.25) is 0 Å². The Hall–Kier alpha value is -1.06. The predicted molar refractivity (Wildman–Crippen MR) is 88.4 cm³/mol. The van der Waals surface area contributed by atoms with Crippen molar-refractivity contribution < 1.29 is 5.11 Å². The Kier molecular flexibility index (Phi) is 5.65. The molecule has 2 N–H and O–H groups in total. The summed E-state index contributed by atoms with van der Waals surface area (Å²) in [5, 5.41) is 13.2. The van der Waals surface area contributed by atoms with Crippen molar-refractivity contribution in [3.05, 3.63) is 29.8 Å². The van der Waals surface area contributed by atoms with Crippen LogP contribution in [-0.4, -0.2) is 35.2 Å². The Morgan fingerprint density at radius 3 is 2.48 bits per heavy atom. The second-order valence-corrected chi connectivity index (χ2v) is 6.81. The van der Waals surface area contributed by atoms with Gasteiger partial charge in [-0.1, -0.05) is 46.2 Å². The predicted octanol–water partition coefficient (Wildman–Crippen LogP) is 3.24. The summed E-state index contributed by atoms with van der Waals surface area (Å²) in [5.41, 5.74) is 1.28. The summed E-state index contributed by atoms with van der Waals surface area (Å²) in [5.74, 6) is 1.70. The Morgan fingerprint density at radius 1 is 1.24 bits per heavy atom. The highest BCUT2D eigenvalue weighted by molar-refractivity contribution is 5.26. The third-order valence-electron chi connectivity index (χ3n) is 4.91. The second kappa shape index (κ2) is 7.28. The first-order valence-electron chi connectivity index (χ1n) is 8.26. The lowest BCUT2D eigenvalue weighted by Crippen LogP contribution is -2.59. The fourth-order valence-corrected chi connectivity index (χ4v) is 3.19. The van der Waals surface area contributed by atoms with Gasteiger partial charge in [0.15, 0.2) is 0 Å². The summed E-state index contributed by atoms with van der Waals surface area (Å²) in [6, 6.07) is 8.81. The molecular weight excluding hydrogens is 260 g/mol. The molecule has 1 heterocycles. The summed E-state index contributed by atoms with van der Waals surface area (Å²) in [6.45, 7) is 12.4. The molecule has 3 atom stereocenters. The van der Waals surface area contributed by atoms with E-state index in [0.717, 1.165) is 19.6 Å². The van der Waals surface area contributed by atoms with Gasteiger partial charge in [-0.3, -0.25) is 4.90 Å². The van der Waals surface area contributed by atoms with Crippen molar-refractivity contribution in [3.63, 3.8) is 0 Å². The van der Waals surface area contributed by atoms with Crippen LogP contribution in [0.15, 0.2) is 24.3 Å². The number of rotatable bonds is 5. The third-order valence-corrected chi connectivity index (χ3v) is 4.91. The smallest absolute Gasteiger partial charge is 0.115 e. The van der Waals surface area contributed by atoms with Crippen LogP contribution in [0.1, 0.15) is 39.7 Å². The maximum Gasteiger partial charge on any atom is 0.115 e. The van der Waals surface area contributed by atoms with Gasteiger partial charge in [0, 0.05) is 31.7 Å². The minimum Gasteiger partial charge on any atom is -0.508 e. The van der Waals surface area contributed by atoms with Crippen LogP contribution in [0, 0.1) is 11.8 Å². The van der Waals surface area contributed by atoms with Crippen molar-refractivity contribution in [2.75, 3.05) is 13.1 Å². The molecule has 3 unspecified atom stereocenters. The molecule has 0 saturated carbocycles. The fourth-order valence-electron chi connectivity index (χ4n) is 3.19. The lowest BCUT2D eigenvalue weighted by molar-refractivity contribution is 0.0752. The maximum absolute atomic E-state index is 9.43. The van der Waals surface area contributed by atoms with E-state index in [1.807, 2.05) is 12.1 Å². The summed E-state index contributed by atoms with van der Waals surface area (Å²) in [4.78, 5) is 2.62. The number of piperazine rings is 1. The normalized spacial score (nSPS) is 25.2. The van der Waals surface area contributed by atoms with Crippen LogP contribution < -0.4 is 5.32 Å². The summed E-state index contributed by atoms with van der Waals surface area (Å²) in [6.07, 6.45) is 1.22. The van der Waals surface area contributed by atoms with Crippen LogP contribution in [0.25, 0.3) is 0 Å². The number of phenols is 1. The zero-order chi connectivity index (χ0) is 15.4. The van der Waals surface area contributed by atoms with Crippen molar-refractivity contribution in [1.82, 2.24) is 10.2 Å². The Labute approximate surface area is 129 Å². The maximum atomic E-state index is 9.43. The molecule has 0 radical (unpaired) electrons. The average molecular weight is 290 g/mol. The van der Waals surface area contributed by atoms with E-state index in [1.165, 1.54) is 12.0 Å². The van der Waals surface area contributed by atoms with E-state index in [-0.39, 0.29) is 0 Å². The zero-order valence-electron chi connectivity index (χ0n) is 13.8. The Bertz CT molecular complexity index is 429. The number of hydrogen-bond donors (Lipinski definition) is 2. The molecule has 1 aliphatic rings. The molecule has 21 heavy (non-hydrogen) atoms. The van der Waals surface area contributed by atoms with E-state index in [2.05, 4.69) is 37.9 Å². The molecule has 118 valence electrons. The highest BCUT2D eigenvalue weighted by atomic mass is 16.3. The van der Waals surface area contributed by atoms with Crippen LogP contribution in [0.3, 0.4) is 0 Å². The van der Waals surface area contributed by atoms with Crippen molar-refractivity contribution in [3.8, 4) is 5.75 Å². The van der Waals surface area contributed by atoms with E-state index in [0.29, 0.717) is 29.7 Å². The van der Waals surface area contributed by atoms with Gasteiger partial charge < -0.3 is 10.4 Å². The van der Waals surface area contributed by atoms with Gasteiger partial charge in [-0.05, 0) is 29.5 Å². The first-order chi connectivity index (χ1) is 10.0. The molecule has 1 fully saturated rings. The van der Waals surface area contributed by atoms with Crippen molar-refractivity contribution in [2.24, 2.45) is 11.8 Å². The molecule has 0 aromatic heterocycles. The largest absolute Gasteiger partial charge is 0.508 e. The van der Waals surface area contributed by atoms with E-state index < -0.39 is 0 Å². The molecule has 0 aliphatic carbocycles. The Balaban J connectivity index is 2.08. The van der Waals surface area contributed by atoms with Crippen LogP contribution in [-0.2, 0) is 6.54 Å². The van der Waals surface area contributed by atoms with E-state index in [1.54, 1.807) is 12.1 Å². The van der Waals surface area contributed by atoms with E-state index >= 15 is 0 Å². The first kappa shape index (κ1) is 16.3. The standard InChI is InChI=1S/C18H30N2O/c1-5-14(4)17-12-20(18(10-19-17)13(2)3)11-15-6-8-16(21)9-7-15/h6-9,13-14,17-19,21H,5,10-12H2,1-4H3. The molecule has 1 aliphatic heterocycles. The highest BCUT2D eigenvalue weighted by Gasteiger charge is 2.31. The van der Waals surface area contributed by atoms with Gasteiger partial charge in [0.05, 0.1) is 0 Å². The van der Waals surface area contributed by atoms with Crippen molar-refractivity contribution >= 4 is 0 Å². The minimum absolute atomic E-state index is 0.344. The van der Waals surface area contributed by atoms with Crippen LogP contribution in [0.4, 0.5) is 0 Å². The lowest BCUT2D eigenvalue weighted by Gasteiger charge is -2.44. The number of nitrogens with zero attached hydrogens (tertiary/aromatic N) is 1. The van der Waals surface area contributed by atoms with E-state index in [9.17, 15) is 5.11 Å². The lowest BCUT2D eigenvalue weighted by atomic mass is 9.91. The molecular formula is C18H30N2O. The third kappa shape index (κ3) is 4.21. The minimum atomic E-state index is 0.344. The van der Waals surface area contributed by atoms with Crippen molar-refractivity contribution in [2.45, 2.75) is 52.7 Å². The molecule has 1 saturated heterocycles. The quantitative estimate of drug-likeness (QED) is 0.874. The number of phenolic OH excluding ortho intramolecular Hbond substituents is 1. The average Bonchev–Trinajstić information content (AvgIpc) is 2.48. The van der Waals surface area contributed by atoms with Gasteiger partial charge in [0.2, 0.25) is 0 Å². The van der Waals surface area contributed by atoms with E-state index in [4.69, 9.17) is 0 Å². The Morgan fingerprint density at radius 2 is 1.90 bits per heavy atom. The molecule has 2 rings (SSSR count). The number of benzene rings is 1. The SMILES string of the molecule is CCC(C)C1CN(Cc2ccc(O)cc2)C(C(C)C)CN1. The molecule has 0 amide bonds. The fraction of sp³-hybridized carbons (Fsp3) is 0.667. The zero-order valence-corrected chi connectivity index (χ0v) is 13.8. The van der Waals surface area contributed by atoms with Gasteiger partial charge in [-0.15, -0.1) is 0 Å². The molecule has 0 spiro atoms. The number of hydrogen-bond acceptors (Lipinski definition) is 3. The number of nitrogens with one attached hydrogen (secondary N) is 1. The second-order valence-electron chi connectivity index (χ2n) is 6.81. The molecule has 0 bridgehead atoms. The van der Waals surface area contributed by atoms with Gasteiger partial charge in [0.25, 0.3) is 0 Å². The molecule has 1 aromatic carbocycles. The van der Waals surface area contributed by atoms with Gasteiger partial charge in [-0.2, -0.15) is 0 Å². The van der Waals surface area contributed by atoms with Gasteiger partial charge >= 0.3 is 0 Å². The summed E-state index contributed by atoms with van der Waals surface area (Å²) < 4.78 is 0. The number of aromatic hydroxyl groups is 1. The summed E-state index contributed by atoms with van der Waals surface area (Å²) >= 11 is 0.